The average Bonchev–Trinajstić information content (AvgIpc) is 3.79. The largest absolute Gasteiger partial charge is 0.464 e. The Hall–Kier alpha value is -5.94. The standard InChI is InChI=1S/C57H59BN2O2/c1-32-23-46-51-47(24-32)60(53-35(4)27-40(28-36(53)5)57(12,13)14)54-50(42-30-38(55(6,7)8)20-22-49(42)62-54)58(51)44-21-19-37(43-31-61-48-18-16-15-17-41(43)48)29-45(44)59(46)52-33(2)25-39(26-34(52)3)56(9,10)11/h15-31H,1-14H3. The fourth-order valence-electron chi connectivity index (χ4n) is 10.4. The Kier molecular flexibility index (Phi) is 8.76. The highest BCUT2D eigenvalue weighted by Gasteiger charge is 2.47. The Labute approximate surface area is 368 Å². The van der Waals surface area contributed by atoms with Crippen LogP contribution in [-0.4, -0.2) is 6.71 Å². The third-order valence-corrected chi connectivity index (χ3v) is 13.7. The van der Waals surface area contributed by atoms with Gasteiger partial charge in [0.25, 0.3) is 6.71 Å². The van der Waals surface area contributed by atoms with Crippen molar-refractivity contribution in [3.05, 3.63) is 148 Å². The Bertz CT molecular complexity index is 3110. The van der Waals surface area contributed by atoms with Crippen molar-refractivity contribution in [3.8, 4) is 11.1 Å². The first kappa shape index (κ1) is 40.2. The molecule has 0 saturated heterocycles. The molecule has 5 heteroatoms. The molecule has 0 saturated carbocycles. The number of hydrogen-bond acceptors (Lipinski definition) is 4. The molecule has 0 aliphatic carbocycles. The van der Waals surface area contributed by atoms with E-state index in [0.717, 1.165) is 33.6 Å². The molecule has 0 radical (unpaired) electrons. The number of hydrogen-bond donors (Lipinski definition) is 0. The predicted molar refractivity (Wildman–Crippen MR) is 265 cm³/mol. The van der Waals surface area contributed by atoms with Gasteiger partial charge in [-0.3, -0.25) is 4.90 Å². The Morgan fingerprint density at radius 3 is 1.65 bits per heavy atom. The first-order valence-electron chi connectivity index (χ1n) is 22.4. The van der Waals surface area contributed by atoms with E-state index in [2.05, 4.69) is 198 Å². The molecule has 312 valence electrons. The van der Waals surface area contributed by atoms with E-state index in [4.69, 9.17) is 8.83 Å². The van der Waals surface area contributed by atoms with Gasteiger partial charge in [0.05, 0.1) is 17.6 Å². The van der Waals surface area contributed by atoms with E-state index < -0.39 is 0 Å². The Morgan fingerprint density at radius 2 is 1.05 bits per heavy atom. The summed E-state index contributed by atoms with van der Waals surface area (Å²) in [7, 11) is 0. The molecule has 6 aromatic carbocycles. The van der Waals surface area contributed by atoms with Crippen LogP contribution in [0.5, 0.6) is 0 Å². The lowest BCUT2D eigenvalue weighted by atomic mass is 9.33. The van der Waals surface area contributed by atoms with Crippen LogP contribution in [0.25, 0.3) is 33.1 Å². The van der Waals surface area contributed by atoms with Crippen LogP contribution in [0.15, 0.2) is 112 Å². The van der Waals surface area contributed by atoms with Gasteiger partial charge in [0, 0.05) is 38.9 Å². The number of rotatable bonds is 3. The molecule has 2 aliphatic rings. The third-order valence-electron chi connectivity index (χ3n) is 13.7. The lowest BCUT2D eigenvalue weighted by Crippen LogP contribution is -2.61. The van der Waals surface area contributed by atoms with Gasteiger partial charge in [0.15, 0.2) is 0 Å². The predicted octanol–water partition coefficient (Wildman–Crippen LogP) is 14.4. The molecule has 0 spiro atoms. The van der Waals surface area contributed by atoms with Crippen LogP contribution in [-0.2, 0) is 16.2 Å². The molecule has 0 N–H and O–H groups in total. The number of aryl methyl sites for hydroxylation is 5. The van der Waals surface area contributed by atoms with E-state index in [-0.39, 0.29) is 23.0 Å². The van der Waals surface area contributed by atoms with E-state index in [9.17, 15) is 0 Å². The van der Waals surface area contributed by atoms with Crippen LogP contribution in [0, 0.1) is 34.6 Å². The summed E-state index contributed by atoms with van der Waals surface area (Å²) in [6.07, 6.45) is 1.92. The van der Waals surface area contributed by atoms with Crippen molar-refractivity contribution in [2.75, 3.05) is 9.80 Å². The van der Waals surface area contributed by atoms with Crippen LogP contribution < -0.4 is 26.2 Å². The monoisotopic (exact) mass is 814 g/mol. The second-order valence-corrected chi connectivity index (χ2v) is 21.4. The second-order valence-electron chi connectivity index (χ2n) is 21.4. The molecule has 8 aromatic rings. The van der Waals surface area contributed by atoms with Gasteiger partial charge in [-0.05, 0) is 148 Å². The zero-order valence-corrected chi connectivity index (χ0v) is 39.1. The number of furan rings is 2. The van der Waals surface area contributed by atoms with Crippen molar-refractivity contribution in [1.29, 1.82) is 0 Å². The minimum Gasteiger partial charge on any atom is -0.464 e. The molecule has 2 aromatic heterocycles. The summed E-state index contributed by atoms with van der Waals surface area (Å²) in [5.74, 6) is 0.904. The van der Waals surface area contributed by atoms with Crippen LogP contribution in [0.3, 0.4) is 0 Å². The Balaban J connectivity index is 1.34. The number of benzene rings is 6. The van der Waals surface area contributed by atoms with Crippen molar-refractivity contribution < 1.29 is 8.83 Å². The number of para-hydroxylation sites is 1. The first-order valence-corrected chi connectivity index (χ1v) is 22.4. The van der Waals surface area contributed by atoms with E-state index >= 15 is 0 Å². The van der Waals surface area contributed by atoms with E-state index in [1.54, 1.807) is 0 Å². The summed E-state index contributed by atoms with van der Waals surface area (Å²) in [5, 5.41) is 2.29. The van der Waals surface area contributed by atoms with Crippen molar-refractivity contribution in [1.82, 2.24) is 0 Å². The number of nitrogens with zero attached hydrogens (tertiary/aromatic N) is 2. The van der Waals surface area contributed by atoms with Gasteiger partial charge < -0.3 is 13.7 Å². The minimum atomic E-state index is -0.0892. The fourth-order valence-corrected chi connectivity index (χ4v) is 10.4. The van der Waals surface area contributed by atoms with Crippen molar-refractivity contribution in [2.45, 2.75) is 113 Å². The quantitative estimate of drug-likeness (QED) is 0.166. The molecule has 62 heavy (non-hydrogen) atoms. The maximum absolute atomic E-state index is 7.27. The normalized spacial score (nSPS) is 13.9. The van der Waals surface area contributed by atoms with Crippen LogP contribution >= 0.6 is 0 Å². The zero-order chi connectivity index (χ0) is 43.9. The van der Waals surface area contributed by atoms with Gasteiger partial charge in [-0.25, -0.2) is 0 Å². The highest BCUT2D eigenvalue weighted by atomic mass is 16.4. The summed E-state index contributed by atoms with van der Waals surface area (Å²) in [6, 6.07) is 36.8. The molecule has 4 heterocycles. The third kappa shape index (κ3) is 6.09. The summed E-state index contributed by atoms with van der Waals surface area (Å²) < 4.78 is 13.4. The van der Waals surface area contributed by atoms with Crippen LogP contribution in [0.4, 0.5) is 34.3 Å². The lowest BCUT2D eigenvalue weighted by molar-refractivity contribution is 0.588. The zero-order valence-electron chi connectivity index (χ0n) is 39.1. The SMILES string of the molecule is Cc1cc2c3c(c1)N(c1c(C)cc(C(C)(C)C)cc1C)c1oc4ccc(C(C)(C)C)cc4c1B3c1ccc(-c3coc4ccccc34)cc1N2c1c(C)cc(C(C)(C)C)cc1C. The topological polar surface area (TPSA) is 32.8 Å². The van der Waals surface area contributed by atoms with Crippen molar-refractivity contribution >= 4 is 79.4 Å². The lowest BCUT2D eigenvalue weighted by Gasteiger charge is -2.44. The van der Waals surface area contributed by atoms with Gasteiger partial charge >= 0.3 is 0 Å². The maximum atomic E-state index is 7.27. The molecule has 4 nitrogen and oxygen atoms in total. The molecule has 0 amide bonds. The smallest absolute Gasteiger partial charge is 0.257 e. The average molecular weight is 815 g/mol. The minimum absolute atomic E-state index is 0.0143. The van der Waals surface area contributed by atoms with Gasteiger partial charge in [0.2, 0.25) is 5.88 Å². The summed E-state index contributed by atoms with van der Waals surface area (Å²) in [4.78, 5) is 5.07. The molecular formula is C57H59BN2O2. The summed E-state index contributed by atoms with van der Waals surface area (Å²) in [6.45, 7) is 32.1. The van der Waals surface area contributed by atoms with Gasteiger partial charge in [0.1, 0.15) is 11.2 Å². The highest BCUT2D eigenvalue weighted by Crippen LogP contribution is 2.50. The van der Waals surface area contributed by atoms with Gasteiger partial charge in [-0.15, -0.1) is 0 Å². The molecular weight excluding hydrogens is 755 g/mol. The molecule has 0 fully saturated rings. The van der Waals surface area contributed by atoms with Crippen LogP contribution in [0.1, 0.15) is 107 Å². The van der Waals surface area contributed by atoms with Crippen molar-refractivity contribution in [2.24, 2.45) is 0 Å². The van der Waals surface area contributed by atoms with E-state index in [0.29, 0.717) is 0 Å². The molecule has 0 unspecified atom stereocenters. The van der Waals surface area contributed by atoms with Crippen molar-refractivity contribution in [3.63, 3.8) is 0 Å². The van der Waals surface area contributed by atoms with E-state index in [1.165, 1.54) is 94.7 Å². The summed E-state index contributed by atoms with van der Waals surface area (Å²) in [5.41, 5.74) is 23.9. The number of anilines is 6. The van der Waals surface area contributed by atoms with Crippen LogP contribution in [0.2, 0.25) is 0 Å². The van der Waals surface area contributed by atoms with Gasteiger partial charge in [-0.1, -0.05) is 123 Å². The second kappa shape index (κ2) is 13.5. The highest BCUT2D eigenvalue weighted by molar-refractivity contribution is 7.01. The maximum Gasteiger partial charge on any atom is 0.257 e. The first-order chi connectivity index (χ1) is 29.2. The molecule has 0 bridgehead atoms. The fraction of sp³-hybridized carbons (Fsp3) is 0.298. The Morgan fingerprint density at radius 1 is 0.484 bits per heavy atom. The number of fused-ring (bicyclic) bond motifs is 7. The van der Waals surface area contributed by atoms with Gasteiger partial charge in [-0.2, -0.15) is 0 Å². The molecule has 0 atom stereocenters. The molecule has 10 rings (SSSR count). The van der Waals surface area contributed by atoms with E-state index in [1.807, 2.05) is 12.3 Å². The molecule has 2 aliphatic heterocycles. The summed E-state index contributed by atoms with van der Waals surface area (Å²) >= 11 is 0.